The van der Waals surface area contributed by atoms with Gasteiger partial charge in [-0.1, -0.05) is 37.7 Å². The second kappa shape index (κ2) is 7.04. The molecule has 2 heterocycles. The molecule has 1 aromatic carbocycles. The van der Waals surface area contributed by atoms with E-state index in [9.17, 15) is 14.9 Å². The van der Waals surface area contributed by atoms with Crippen molar-refractivity contribution < 1.29 is 14.2 Å². The fourth-order valence-electron chi connectivity index (χ4n) is 2.06. The molecule has 3 aromatic rings. The summed E-state index contributed by atoms with van der Waals surface area (Å²) in [6, 6.07) is 6.22. The first-order chi connectivity index (χ1) is 12.2. The summed E-state index contributed by atoms with van der Waals surface area (Å²) in [5.41, 5.74) is 1.29. The SMILES string of the molecule is CC(C)(C)c1cc(NC(=O)CSc2nc3ccc([N+](=O)[O-])cc3s2)on1. The van der Waals surface area contributed by atoms with E-state index in [0.717, 1.165) is 5.69 Å². The molecular weight excluding hydrogens is 376 g/mol. The number of nitrogens with zero attached hydrogens (tertiary/aromatic N) is 3. The van der Waals surface area contributed by atoms with Crippen LogP contribution in [0.5, 0.6) is 0 Å². The third-order valence-electron chi connectivity index (χ3n) is 3.43. The summed E-state index contributed by atoms with van der Waals surface area (Å²) in [5.74, 6) is 0.213. The van der Waals surface area contributed by atoms with Gasteiger partial charge >= 0.3 is 0 Å². The Balaban J connectivity index is 1.61. The lowest BCUT2D eigenvalue weighted by atomic mass is 9.92. The lowest BCUT2D eigenvalue weighted by Crippen LogP contribution is -2.14. The minimum Gasteiger partial charge on any atom is -0.338 e. The Labute approximate surface area is 157 Å². The number of hydrogen-bond acceptors (Lipinski definition) is 8. The van der Waals surface area contributed by atoms with Crippen molar-refractivity contribution in [3.8, 4) is 0 Å². The van der Waals surface area contributed by atoms with Crippen LogP contribution in [0.1, 0.15) is 26.5 Å². The topological polar surface area (TPSA) is 111 Å². The molecule has 0 aliphatic carbocycles. The van der Waals surface area contributed by atoms with Crippen molar-refractivity contribution in [3.63, 3.8) is 0 Å². The van der Waals surface area contributed by atoms with Gasteiger partial charge in [0.25, 0.3) is 5.69 Å². The van der Waals surface area contributed by atoms with Crippen molar-refractivity contribution >= 4 is 50.8 Å². The van der Waals surface area contributed by atoms with Crippen LogP contribution in [0.15, 0.2) is 33.1 Å². The van der Waals surface area contributed by atoms with Crippen LogP contribution in [-0.4, -0.2) is 26.7 Å². The first kappa shape index (κ1) is 18.3. The number of rotatable bonds is 5. The molecule has 3 rings (SSSR count). The zero-order chi connectivity index (χ0) is 18.9. The molecule has 0 aliphatic rings. The van der Waals surface area contributed by atoms with Gasteiger partial charge in [0.05, 0.1) is 26.6 Å². The smallest absolute Gasteiger partial charge is 0.270 e. The molecule has 1 amide bonds. The molecule has 0 radical (unpaired) electrons. The number of amides is 1. The van der Waals surface area contributed by atoms with E-state index < -0.39 is 4.92 Å². The fraction of sp³-hybridized carbons (Fsp3) is 0.312. The van der Waals surface area contributed by atoms with Crippen LogP contribution in [0.2, 0.25) is 0 Å². The molecule has 8 nitrogen and oxygen atoms in total. The number of benzene rings is 1. The summed E-state index contributed by atoms with van der Waals surface area (Å²) >= 11 is 2.58. The van der Waals surface area contributed by atoms with E-state index in [1.54, 1.807) is 12.1 Å². The molecule has 0 atom stereocenters. The predicted molar refractivity (Wildman–Crippen MR) is 101 cm³/mol. The number of hydrogen-bond donors (Lipinski definition) is 1. The van der Waals surface area contributed by atoms with Crippen LogP contribution < -0.4 is 5.32 Å². The Hall–Kier alpha value is -2.46. The average molecular weight is 392 g/mol. The Morgan fingerprint density at radius 1 is 1.38 bits per heavy atom. The monoisotopic (exact) mass is 392 g/mol. The maximum atomic E-state index is 12.1. The van der Waals surface area contributed by atoms with E-state index in [0.29, 0.717) is 20.4 Å². The second-order valence-corrected chi connectivity index (χ2v) is 8.81. The van der Waals surface area contributed by atoms with Crippen LogP contribution >= 0.6 is 23.1 Å². The molecule has 26 heavy (non-hydrogen) atoms. The maximum absolute atomic E-state index is 12.1. The van der Waals surface area contributed by atoms with Crippen molar-refractivity contribution in [1.29, 1.82) is 0 Å². The number of non-ortho nitro benzene ring substituents is 1. The van der Waals surface area contributed by atoms with Crippen molar-refractivity contribution in [2.24, 2.45) is 0 Å². The number of aromatic nitrogens is 2. The number of carbonyl (C=O) groups is 1. The quantitative estimate of drug-likeness (QED) is 0.393. The molecule has 0 spiro atoms. The molecule has 10 heteroatoms. The number of carbonyl (C=O) groups excluding carboxylic acids is 1. The predicted octanol–water partition coefficient (Wildman–Crippen LogP) is 4.22. The largest absolute Gasteiger partial charge is 0.338 e. The molecule has 2 aromatic heterocycles. The number of anilines is 1. The van der Waals surface area contributed by atoms with Crippen molar-refractivity contribution in [2.45, 2.75) is 30.5 Å². The van der Waals surface area contributed by atoms with Crippen LogP contribution in [0.3, 0.4) is 0 Å². The fourth-order valence-corrected chi connectivity index (χ4v) is 3.96. The van der Waals surface area contributed by atoms with Crippen molar-refractivity contribution in [3.05, 3.63) is 40.1 Å². The average Bonchev–Trinajstić information content (AvgIpc) is 3.17. The number of thiazole rings is 1. The van der Waals surface area contributed by atoms with Crippen LogP contribution in [0.25, 0.3) is 10.2 Å². The van der Waals surface area contributed by atoms with Crippen LogP contribution in [-0.2, 0) is 10.2 Å². The minimum absolute atomic E-state index is 0.0235. The van der Waals surface area contributed by atoms with Gasteiger partial charge in [-0.05, 0) is 6.07 Å². The Morgan fingerprint density at radius 3 is 2.81 bits per heavy atom. The van der Waals surface area contributed by atoms with Gasteiger partial charge in [0.2, 0.25) is 11.8 Å². The summed E-state index contributed by atoms with van der Waals surface area (Å²) in [7, 11) is 0. The first-order valence-corrected chi connectivity index (χ1v) is 9.47. The van der Waals surface area contributed by atoms with Gasteiger partial charge in [-0.2, -0.15) is 0 Å². The van der Waals surface area contributed by atoms with Gasteiger partial charge in [0.1, 0.15) is 0 Å². The summed E-state index contributed by atoms with van der Waals surface area (Å²) in [6.07, 6.45) is 0. The first-order valence-electron chi connectivity index (χ1n) is 7.67. The lowest BCUT2D eigenvalue weighted by Gasteiger charge is -2.12. The highest BCUT2D eigenvalue weighted by Gasteiger charge is 2.20. The standard InChI is InChI=1S/C16H16N4O4S2/c1-16(2,3)12-7-14(24-19-12)18-13(21)8-25-15-17-10-5-4-9(20(22)23)6-11(10)26-15/h4-7H,8H2,1-3H3,(H,18,21). The number of thioether (sulfide) groups is 1. The summed E-state index contributed by atoms with van der Waals surface area (Å²) in [6.45, 7) is 6.01. The molecule has 0 saturated heterocycles. The van der Waals surface area contributed by atoms with Crippen LogP contribution in [0, 0.1) is 10.1 Å². The molecule has 0 aliphatic heterocycles. The van der Waals surface area contributed by atoms with E-state index in [-0.39, 0.29) is 22.8 Å². The zero-order valence-corrected chi connectivity index (χ0v) is 15.9. The van der Waals surface area contributed by atoms with E-state index in [1.807, 2.05) is 20.8 Å². The van der Waals surface area contributed by atoms with Gasteiger partial charge in [-0.15, -0.1) is 11.3 Å². The second-order valence-electron chi connectivity index (χ2n) is 6.55. The lowest BCUT2D eigenvalue weighted by molar-refractivity contribution is -0.384. The van der Waals surface area contributed by atoms with Gasteiger partial charge in [0.15, 0.2) is 4.34 Å². The maximum Gasteiger partial charge on any atom is 0.270 e. The van der Waals surface area contributed by atoms with E-state index in [4.69, 9.17) is 4.52 Å². The number of nitro groups is 1. The number of fused-ring (bicyclic) bond motifs is 1. The molecular formula is C16H16N4O4S2. The van der Waals surface area contributed by atoms with Gasteiger partial charge in [0, 0.05) is 23.6 Å². The highest BCUT2D eigenvalue weighted by atomic mass is 32.2. The summed E-state index contributed by atoms with van der Waals surface area (Å²) in [4.78, 5) is 26.8. The van der Waals surface area contributed by atoms with E-state index in [2.05, 4.69) is 15.5 Å². The van der Waals surface area contributed by atoms with Gasteiger partial charge in [-0.25, -0.2) is 4.98 Å². The summed E-state index contributed by atoms with van der Waals surface area (Å²) in [5, 5.41) is 17.4. The molecule has 0 saturated carbocycles. The highest BCUT2D eigenvalue weighted by molar-refractivity contribution is 8.01. The Kier molecular flexibility index (Phi) is 4.97. The Bertz CT molecular complexity index is 974. The Morgan fingerprint density at radius 2 is 2.15 bits per heavy atom. The molecule has 0 bridgehead atoms. The minimum atomic E-state index is -0.442. The van der Waals surface area contributed by atoms with Crippen LogP contribution in [0.4, 0.5) is 11.6 Å². The number of nitro benzene ring substituents is 1. The molecule has 136 valence electrons. The van der Waals surface area contributed by atoms with Gasteiger partial charge in [-0.3, -0.25) is 20.2 Å². The van der Waals surface area contributed by atoms with Crippen molar-refractivity contribution in [2.75, 3.05) is 11.1 Å². The molecule has 0 fully saturated rings. The van der Waals surface area contributed by atoms with Gasteiger partial charge < -0.3 is 4.52 Å². The van der Waals surface area contributed by atoms with E-state index >= 15 is 0 Å². The van der Waals surface area contributed by atoms with E-state index in [1.165, 1.54) is 35.2 Å². The summed E-state index contributed by atoms with van der Waals surface area (Å²) < 4.78 is 6.51. The third kappa shape index (κ3) is 4.20. The molecule has 1 N–H and O–H groups in total. The zero-order valence-electron chi connectivity index (χ0n) is 14.3. The third-order valence-corrected chi connectivity index (χ3v) is 5.59. The number of nitrogens with one attached hydrogen (secondary N) is 1. The normalized spacial score (nSPS) is 11.7. The van der Waals surface area contributed by atoms with Crippen molar-refractivity contribution in [1.82, 2.24) is 10.1 Å². The molecule has 0 unspecified atom stereocenters. The highest BCUT2D eigenvalue weighted by Crippen LogP contribution is 2.32.